The summed E-state index contributed by atoms with van der Waals surface area (Å²) in [6, 6.07) is 2.00. The predicted molar refractivity (Wildman–Crippen MR) is 103 cm³/mol. The minimum Gasteiger partial charge on any atom is -0.363 e. The van der Waals surface area contributed by atoms with Gasteiger partial charge in [-0.2, -0.15) is 0 Å². The van der Waals surface area contributed by atoms with Crippen molar-refractivity contribution in [2.75, 3.05) is 50.1 Å². The molecule has 1 amide bonds. The molecule has 2 aromatic heterocycles. The van der Waals surface area contributed by atoms with Gasteiger partial charge in [-0.05, 0) is 24.9 Å². The van der Waals surface area contributed by atoms with Crippen molar-refractivity contribution in [3.05, 3.63) is 22.5 Å². The fourth-order valence-corrected chi connectivity index (χ4v) is 3.66. The van der Waals surface area contributed by atoms with E-state index >= 15 is 0 Å². The highest BCUT2D eigenvalue weighted by Gasteiger charge is 2.26. The van der Waals surface area contributed by atoms with Gasteiger partial charge in [0, 0.05) is 46.3 Å². The van der Waals surface area contributed by atoms with E-state index in [0.717, 1.165) is 49.1 Å². The topological polar surface area (TPSA) is 78.4 Å². The first kappa shape index (κ1) is 18.5. The van der Waals surface area contributed by atoms with Gasteiger partial charge in [0.15, 0.2) is 0 Å². The van der Waals surface area contributed by atoms with Crippen LogP contribution >= 0.6 is 11.5 Å². The van der Waals surface area contributed by atoms with Gasteiger partial charge in [0.25, 0.3) is 5.91 Å². The van der Waals surface area contributed by atoms with Gasteiger partial charge in [-0.25, -0.2) is 9.97 Å². The molecule has 0 bridgehead atoms. The molecule has 140 valence electrons. The Kier molecular flexibility index (Phi) is 5.65. The summed E-state index contributed by atoms with van der Waals surface area (Å²) in [5.74, 6) is 2.62. The Balaban J connectivity index is 1.67. The number of piperazine rings is 1. The number of anilines is 2. The summed E-state index contributed by atoms with van der Waals surface area (Å²) in [6.45, 7) is 6.83. The lowest BCUT2D eigenvalue weighted by Gasteiger charge is -2.35. The number of rotatable bonds is 5. The summed E-state index contributed by atoms with van der Waals surface area (Å²) in [4.78, 5) is 28.6. The highest BCUT2D eigenvalue weighted by atomic mass is 32.1. The molecular formula is C17H25N7OS. The van der Waals surface area contributed by atoms with Crippen LogP contribution in [0.3, 0.4) is 0 Å². The first-order valence-electron chi connectivity index (χ1n) is 8.88. The highest BCUT2D eigenvalue weighted by Crippen LogP contribution is 2.21. The Morgan fingerprint density at radius 3 is 2.62 bits per heavy atom. The molecule has 0 atom stereocenters. The van der Waals surface area contributed by atoms with Crippen molar-refractivity contribution in [1.29, 1.82) is 0 Å². The Hall–Kier alpha value is -2.29. The molecule has 8 nitrogen and oxygen atoms in total. The lowest BCUT2D eigenvalue weighted by atomic mass is 10.2. The van der Waals surface area contributed by atoms with Crippen molar-refractivity contribution in [3.8, 4) is 0 Å². The molecule has 3 rings (SSSR count). The van der Waals surface area contributed by atoms with Crippen LogP contribution in [0.1, 0.15) is 34.5 Å². The lowest BCUT2D eigenvalue weighted by Crippen LogP contribution is -2.49. The van der Waals surface area contributed by atoms with Crippen LogP contribution in [0, 0.1) is 6.92 Å². The molecule has 1 aliphatic rings. The monoisotopic (exact) mass is 375 g/mol. The Bertz CT molecular complexity index is 768. The molecule has 3 heterocycles. The molecule has 1 fully saturated rings. The number of hydrogen-bond acceptors (Lipinski definition) is 8. The molecule has 0 aliphatic carbocycles. The van der Waals surface area contributed by atoms with E-state index in [-0.39, 0.29) is 5.91 Å². The molecule has 0 radical (unpaired) electrons. The van der Waals surface area contributed by atoms with E-state index in [1.807, 2.05) is 36.9 Å². The van der Waals surface area contributed by atoms with E-state index in [0.29, 0.717) is 18.0 Å². The van der Waals surface area contributed by atoms with Crippen molar-refractivity contribution in [2.24, 2.45) is 0 Å². The van der Waals surface area contributed by atoms with Crippen LogP contribution in [-0.2, 0) is 6.42 Å². The standard InChI is InChI=1S/C17H25N7OS/c1-5-6-13-16(26-21-20-13)17(25)24-9-7-23(8-10-24)15-11-14(22(3)4)18-12(2)19-15/h11H,5-10H2,1-4H3. The average molecular weight is 376 g/mol. The third-order valence-corrected chi connectivity index (χ3v) is 5.15. The molecule has 9 heteroatoms. The number of nitrogens with zero attached hydrogens (tertiary/aromatic N) is 7. The van der Waals surface area contributed by atoms with Crippen LogP contribution in [0.25, 0.3) is 0 Å². The number of aryl methyl sites for hydroxylation is 2. The second kappa shape index (κ2) is 7.94. The maximum atomic E-state index is 12.8. The molecule has 26 heavy (non-hydrogen) atoms. The largest absolute Gasteiger partial charge is 0.363 e. The molecule has 0 aromatic carbocycles. The molecule has 2 aromatic rings. The van der Waals surface area contributed by atoms with Crippen molar-refractivity contribution in [2.45, 2.75) is 26.7 Å². The fraction of sp³-hybridized carbons (Fsp3) is 0.588. The van der Waals surface area contributed by atoms with Crippen LogP contribution in [-0.4, -0.2) is 70.6 Å². The van der Waals surface area contributed by atoms with E-state index < -0.39 is 0 Å². The normalized spacial score (nSPS) is 14.6. The van der Waals surface area contributed by atoms with E-state index in [2.05, 4.69) is 31.4 Å². The molecule has 0 N–H and O–H groups in total. The van der Waals surface area contributed by atoms with Crippen LogP contribution in [0.15, 0.2) is 6.07 Å². The van der Waals surface area contributed by atoms with Gasteiger partial charge >= 0.3 is 0 Å². The first-order valence-corrected chi connectivity index (χ1v) is 9.65. The van der Waals surface area contributed by atoms with Crippen molar-refractivity contribution in [3.63, 3.8) is 0 Å². The molecule has 1 aliphatic heterocycles. The van der Waals surface area contributed by atoms with E-state index in [1.54, 1.807) is 0 Å². The number of aromatic nitrogens is 4. The third kappa shape index (κ3) is 3.92. The van der Waals surface area contributed by atoms with Crippen molar-refractivity contribution >= 4 is 29.1 Å². The van der Waals surface area contributed by atoms with Gasteiger partial charge in [0.05, 0.1) is 5.69 Å². The Labute approximate surface area is 158 Å². The summed E-state index contributed by atoms with van der Waals surface area (Å²) < 4.78 is 3.97. The highest BCUT2D eigenvalue weighted by molar-refractivity contribution is 7.08. The second-order valence-electron chi connectivity index (χ2n) is 6.60. The second-order valence-corrected chi connectivity index (χ2v) is 7.36. The van der Waals surface area contributed by atoms with E-state index in [4.69, 9.17) is 0 Å². The number of carbonyl (C=O) groups excluding carboxylic acids is 1. The van der Waals surface area contributed by atoms with Crippen LogP contribution in [0.5, 0.6) is 0 Å². The quantitative estimate of drug-likeness (QED) is 0.786. The molecular weight excluding hydrogens is 350 g/mol. The third-order valence-electron chi connectivity index (χ3n) is 4.40. The molecule has 1 saturated heterocycles. The summed E-state index contributed by atoms with van der Waals surface area (Å²) >= 11 is 1.20. The van der Waals surface area contributed by atoms with Gasteiger partial charge in [0.2, 0.25) is 0 Å². The van der Waals surface area contributed by atoms with E-state index in [9.17, 15) is 4.79 Å². The van der Waals surface area contributed by atoms with Gasteiger partial charge in [-0.1, -0.05) is 17.8 Å². The minimum atomic E-state index is 0.0518. The fourth-order valence-electron chi connectivity index (χ4n) is 2.98. The summed E-state index contributed by atoms with van der Waals surface area (Å²) in [5.41, 5.74) is 0.826. The van der Waals surface area contributed by atoms with Gasteiger partial charge in [-0.15, -0.1) is 5.10 Å². The number of carbonyl (C=O) groups is 1. The van der Waals surface area contributed by atoms with Crippen LogP contribution in [0.2, 0.25) is 0 Å². The minimum absolute atomic E-state index is 0.0518. The maximum absolute atomic E-state index is 12.8. The van der Waals surface area contributed by atoms with Crippen LogP contribution in [0.4, 0.5) is 11.6 Å². The SMILES string of the molecule is CCCc1nnsc1C(=O)N1CCN(c2cc(N(C)C)nc(C)n2)CC1. The molecule has 0 unspecified atom stereocenters. The van der Waals surface area contributed by atoms with Gasteiger partial charge in [-0.3, -0.25) is 4.79 Å². The zero-order valence-electron chi connectivity index (χ0n) is 15.8. The molecule has 0 spiro atoms. The molecule has 0 saturated carbocycles. The zero-order chi connectivity index (χ0) is 18.7. The Morgan fingerprint density at radius 2 is 1.96 bits per heavy atom. The number of hydrogen-bond donors (Lipinski definition) is 0. The first-order chi connectivity index (χ1) is 12.5. The van der Waals surface area contributed by atoms with Gasteiger partial charge in [0.1, 0.15) is 22.3 Å². The van der Waals surface area contributed by atoms with E-state index in [1.165, 1.54) is 11.5 Å². The van der Waals surface area contributed by atoms with Gasteiger partial charge < -0.3 is 14.7 Å². The maximum Gasteiger partial charge on any atom is 0.267 e. The summed E-state index contributed by atoms with van der Waals surface area (Å²) in [5, 5.41) is 4.11. The predicted octanol–water partition coefficient (Wildman–Crippen LogP) is 1.62. The average Bonchev–Trinajstić information content (AvgIpc) is 3.09. The van der Waals surface area contributed by atoms with Crippen molar-refractivity contribution < 1.29 is 4.79 Å². The zero-order valence-corrected chi connectivity index (χ0v) is 16.6. The Morgan fingerprint density at radius 1 is 1.23 bits per heavy atom. The number of amides is 1. The van der Waals surface area contributed by atoms with Crippen LogP contribution < -0.4 is 9.80 Å². The summed E-state index contributed by atoms with van der Waals surface area (Å²) in [6.07, 6.45) is 1.76. The van der Waals surface area contributed by atoms with Crippen molar-refractivity contribution in [1.82, 2.24) is 24.5 Å². The smallest absolute Gasteiger partial charge is 0.267 e. The lowest BCUT2D eigenvalue weighted by molar-refractivity contribution is 0.0750. The summed E-state index contributed by atoms with van der Waals surface area (Å²) in [7, 11) is 3.94.